The van der Waals surface area contributed by atoms with Crippen LogP contribution in [0.2, 0.25) is 0 Å². The molecule has 0 spiro atoms. The molecule has 0 bridgehead atoms. The third kappa shape index (κ3) is 5.32. The van der Waals surface area contributed by atoms with Crippen LogP contribution in [-0.2, 0) is 11.2 Å². The van der Waals surface area contributed by atoms with E-state index in [0.717, 1.165) is 18.5 Å². The van der Waals surface area contributed by atoms with Crippen molar-refractivity contribution in [2.45, 2.75) is 37.7 Å². The second-order valence-corrected chi connectivity index (χ2v) is 6.23. The summed E-state index contributed by atoms with van der Waals surface area (Å²) in [5.41, 5.74) is 2.28. The number of nitrogens with zero attached hydrogens (tertiary/aromatic N) is 1. The maximum absolute atomic E-state index is 12.0. The summed E-state index contributed by atoms with van der Waals surface area (Å²) in [6, 6.07) is 7.74. The van der Waals surface area contributed by atoms with E-state index >= 15 is 0 Å². The van der Waals surface area contributed by atoms with Crippen molar-refractivity contribution in [1.29, 1.82) is 0 Å². The molecular formula is C17H23N3O2S. The Morgan fingerprint density at radius 2 is 2.13 bits per heavy atom. The fraction of sp³-hybridized carbons (Fsp3) is 0.412. The van der Waals surface area contributed by atoms with E-state index in [4.69, 9.17) is 4.74 Å². The Hall–Kier alpha value is -1.95. The van der Waals surface area contributed by atoms with Crippen molar-refractivity contribution in [3.63, 3.8) is 0 Å². The first-order chi connectivity index (χ1) is 11.1. The number of aromatic amines is 1. The number of benzene rings is 1. The van der Waals surface area contributed by atoms with Crippen LogP contribution in [0.25, 0.3) is 0 Å². The zero-order chi connectivity index (χ0) is 16.7. The van der Waals surface area contributed by atoms with Crippen molar-refractivity contribution in [3.8, 4) is 5.75 Å². The van der Waals surface area contributed by atoms with E-state index in [-0.39, 0.29) is 5.91 Å². The predicted octanol–water partition coefficient (Wildman–Crippen LogP) is 2.96. The second kappa shape index (κ2) is 8.62. The zero-order valence-corrected chi connectivity index (χ0v) is 14.6. The summed E-state index contributed by atoms with van der Waals surface area (Å²) in [5.74, 6) is 0.613. The molecule has 1 heterocycles. The van der Waals surface area contributed by atoms with Crippen molar-refractivity contribution in [2.75, 3.05) is 12.8 Å². The second-order valence-electron chi connectivity index (χ2n) is 5.35. The molecular weight excluding hydrogens is 310 g/mol. The van der Waals surface area contributed by atoms with Gasteiger partial charge < -0.3 is 10.1 Å². The van der Waals surface area contributed by atoms with Gasteiger partial charge in [-0.1, -0.05) is 0 Å². The van der Waals surface area contributed by atoms with E-state index in [2.05, 4.69) is 15.5 Å². The first-order valence-electron chi connectivity index (χ1n) is 7.67. The fourth-order valence-electron chi connectivity index (χ4n) is 2.17. The number of thioether (sulfide) groups is 1. The number of hydrogen-bond donors (Lipinski definition) is 2. The van der Waals surface area contributed by atoms with Gasteiger partial charge in [-0.3, -0.25) is 9.89 Å². The molecule has 1 aromatic heterocycles. The quantitative estimate of drug-likeness (QED) is 0.576. The lowest BCUT2D eigenvalue weighted by atomic mass is 10.1. The molecule has 23 heavy (non-hydrogen) atoms. The molecule has 6 heteroatoms. The van der Waals surface area contributed by atoms with Crippen molar-refractivity contribution in [3.05, 3.63) is 41.7 Å². The van der Waals surface area contributed by atoms with E-state index in [9.17, 15) is 4.79 Å². The van der Waals surface area contributed by atoms with E-state index in [1.807, 2.05) is 43.6 Å². The normalized spacial score (nSPS) is 12.0. The summed E-state index contributed by atoms with van der Waals surface area (Å²) in [7, 11) is 0. The van der Waals surface area contributed by atoms with Crippen LogP contribution in [0, 0.1) is 6.92 Å². The standard InChI is InChI=1S/C17H23N3O2S/c1-12-14(11-19-20-12)5-4-10-18-17(21)13(2)22-15-6-8-16(23-3)9-7-15/h6-9,11,13H,4-5,10H2,1-3H3,(H,18,21)(H,19,20)/t13-/m1/s1. The van der Waals surface area contributed by atoms with E-state index in [1.165, 1.54) is 10.5 Å². The monoisotopic (exact) mass is 333 g/mol. The molecule has 1 aromatic carbocycles. The maximum Gasteiger partial charge on any atom is 0.260 e. The lowest BCUT2D eigenvalue weighted by Crippen LogP contribution is -2.36. The molecule has 0 saturated carbocycles. The van der Waals surface area contributed by atoms with E-state index in [1.54, 1.807) is 18.7 Å². The van der Waals surface area contributed by atoms with Gasteiger partial charge >= 0.3 is 0 Å². The zero-order valence-electron chi connectivity index (χ0n) is 13.8. The van der Waals surface area contributed by atoms with Crippen molar-refractivity contribution < 1.29 is 9.53 Å². The molecule has 0 saturated heterocycles. The van der Waals surface area contributed by atoms with Crippen LogP contribution in [0.3, 0.4) is 0 Å². The van der Waals surface area contributed by atoms with Gasteiger partial charge in [0.25, 0.3) is 5.91 Å². The van der Waals surface area contributed by atoms with Gasteiger partial charge in [-0.15, -0.1) is 11.8 Å². The van der Waals surface area contributed by atoms with Crippen LogP contribution in [0.4, 0.5) is 0 Å². The number of carbonyl (C=O) groups is 1. The molecule has 124 valence electrons. The highest BCUT2D eigenvalue weighted by atomic mass is 32.2. The fourth-order valence-corrected chi connectivity index (χ4v) is 2.58. The Morgan fingerprint density at radius 3 is 2.74 bits per heavy atom. The number of rotatable bonds is 8. The van der Waals surface area contributed by atoms with E-state index in [0.29, 0.717) is 12.3 Å². The topological polar surface area (TPSA) is 67.0 Å². The van der Waals surface area contributed by atoms with Crippen LogP contribution < -0.4 is 10.1 Å². The number of nitrogens with one attached hydrogen (secondary N) is 2. The summed E-state index contributed by atoms with van der Waals surface area (Å²) in [4.78, 5) is 13.2. The van der Waals surface area contributed by atoms with Gasteiger partial charge in [-0.2, -0.15) is 5.10 Å². The lowest BCUT2D eigenvalue weighted by molar-refractivity contribution is -0.127. The highest BCUT2D eigenvalue weighted by Gasteiger charge is 2.14. The van der Waals surface area contributed by atoms with Gasteiger partial charge in [-0.25, -0.2) is 0 Å². The molecule has 0 aliphatic heterocycles. The molecule has 1 atom stereocenters. The number of hydrogen-bond acceptors (Lipinski definition) is 4. The molecule has 2 aromatic rings. The first kappa shape index (κ1) is 17.4. The Morgan fingerprint density at radius 1 is 1.39 bits per heavy atom. The van der Waals surface area contributed by atoms with Gasteiger partial charge in [0.05, 0.1) is 6.20 Å². The summed E-state index contributed by atoms with van der Waals surface area (Å²) in [6.07, 6.45) is 5.12. The molecule has 5 nitrogen and oxygen atoms in total. The van der Waals surface area contributed by atoms with Crippen molar-refractivity contribution >= 4 is 17.7 Å². The first-order valence-corrected chi connectivity index (χ1v) is 8.90. The molecule has 0 fully saturated rings. The Balaban J connectivity index is 1.70. The number of aromatic nitrogens is 2. The SMILES string of the molecule is CSc1ccc(O[C@H](C)C(=O)NCCCc2cn[nH]c2C)cc1. The Labute approximate surface area is 141 Å². The molecule has 0 radical (unpaired) electrons. The highest BCUT2D eigenvalue weighted by molar-refractivity contribution is 7.98. The smallest absolute Gasteiger partial charge is 0.260 e. The number of H-pyrrole nitrogens is 1. The van der Waals surface area contributed by atoms with Crippen LogP contribution in [-0.4, -0.2) is 35.0 Å². The molecule has 1 amide bonds. The largest absolute Gasteiger partial charge is 0.481 e. The third-order valence-corrected chi connectivity index (χ3v) is 4.34. The summed E-state index contributed by atoms with van der Waals surface area (Å²) >= 11 is 1.67. The highest BCUT2D eigenvalue weighted by Crippen LogP contribution is 2.19. The Bertz CT molecular complexity index is 625. The molecule has 2 N–H and O–H groups in total. The summed E-state index contributed by atoms with van der Waals surface area (Å²) in [6.45, 7) is 4.39. The summed E-state index contributed by atoms with van der Waals surface area (Å²) in [5, 5.41) is 9.81. The molecule has 0 aliphatic rings. The molecule has 0 unspecified atom stereocenters. The van der Waals surface area contributed by atoms with Gasteiger partial charge in [0.15, 0.2) is 6.10 Å². The molecule has 0 aliphatic carbocycles. The number of ether oxygens (including phenoxy) is 1. The Kier molecular flexibility index (Phi) is 6.52. The minimum Gasteiger partial charge on any atom is -0.481 e. The minimum atomic E-state index is -0.509. The van der Waals surface area contributed by atoms with Crippen molar-refractivity contribution in [2.24, 2.45) is 0 Å². The predicted molar refractivity (Wildman–Crippen MR) is 93.0 cm³/mol. The van der Waals surface area contributed by atoms with Crippen molar-refractivity contribution in [1.82, 2.24) is 15.5 Å². The average molecular weight is 333 g/mol. The third-order valence-electron chi connectivity index (χ3n) is 3.60. The minimum absolute atomic E-state index is 0.0946. The number of carbonyl (C=O) groups excluding carboxylic acids is 1. The number of amides is 1. The average Bonchev–Trinajstić information content (AvgIpc) is 2.97. The number of aryl methyl sites for hydroxylation is 2. The lowest BCUT2D eigenvalue weighted by Gasteiger charge is -2.15. The maximum atomic E-state index is 12.0. The van der Waals surface area contributed by atoms with Crippen LogP contribution in [0.1, 0.15) is 24.6 Å². The van der Waals surface area contributed by atoms with Gasteiger partial charge in [-0.05, 0) is 62.8 Å². The van der Waals surface area contributed by atoms with Crippen LogP contribution >= 0.6 is 11.8 Å². The van der Waals surface area contributed by atoms with Crippen LogP contribution in [0.15, 0.2) is 35.4 Å². The van der Waals surface area contributed by atoms with E-state index < -0.39 is 6.10 Å². The van der Waals surface area contributed by atoms with Gasteiger partial charge in [0.2, 0.25) is 0 Å². The van der Waals surface area contributed by atoms with Gasteiger partial charge in [0, 0.05) is 17.1 Å². The van der Waals surface area contributed by atoms with Gasteiger partial charge in [0.1, 0.15) is 5.75 Å². The molecule has 2 rings (SSSR count). The summed E-state index contributed by atoms with van der Waals surface area (Å²) < 4.78 is 5.66. The van der Waals surface area contributed by atoms with Crippen LogP contribution in [0.5, 0.6) is 5.75 Å².